The Kier molecular flexibility index (Phi) is 5.22. The van der Waals surface area contributed by atoms with Crippen LogP contribution >= 0.6 is 27.7 Å². The van der Waals surface area contributed by atoms with Crippen molar-refractivity contribution in [1.82, 2.24) is 0 Å². The number of fused-ring (bicyclic) bond motifs is 1. The fourth-order valence-electron chi connectivity index (χ4n) is 2.95. The lowest BCUT2D eigenvalue weighted by Crippen LogP contribution is -2.09. The molecule has 2 unspecified atom stereocenters. The lowest BCUT2D eigenvalue weighted by molar-refractivity contribution is 0.304. The Morgan fingerprint density at radius 3 is 2.83 bits per heavy atom. The van der Waals surface area contributed by atoms with Gasteiger partial charge in [0.2, 0.25) is 0 Å². The third kappa shape index (κ3) is 3.86. The van der Waals surface area contributed by atoms with Gasteiger partial charge in [-0.1, -0.05) is 28.9 Å². The summed E-state index contributed by atoms with van der Waals surface area (Å²) in [5.41, 5.74) is 2.32. The van der Waals surface area contributed by atoms with Crippen LogP contribution in [0.1, 0.15) is 36.8 Å². The van der Waals surface area contributed by atoms with E-state index in [2.05, 4.69) is 41.1 Å². The summed E-state index contributed by atoms with van der Waals surface area (Å²) in [4.78, 5) is 1.41. The third-order valence-electron chi connectivity index (χ3n) is 4.37. The van der Waals surface area contributed by atoms with Gasteiger partial charge in [-0.25, -0.2) is 0 Å². The Morgan fingerprint density at radius 2 is 2.04 bits per heavy atom. The zero-order chi connectivity index (χ0) is 16.4. The highest BCUT2D eigenvalue weighted by Gasteiger charge is 2.29. The van der Waals surface area contributed by atoms with E-state index in [1.807, 2.05) is 30.8 Å². The minimum atomic E-state index is 0.317. The van der Waals surface area contributed by atoms with Crippen molar-refractivity contribution in [2.24, 2.45) is 0 Å². The SMILES string of the molecule is Cc1cc(OCCCC2Sc3cc(Br)ccc3C2C)ccc1O. The molecule has 2 aromatic rings. The Labute approximate surface area is 150 Å². The van der Waals surface area contributed by atoms with E-state index in [1.165, 1.54) is 10.5 Å². The van der Waals surface area contributed by atoms with Crippen LogP contribution in [0, 0.1) is 6.92 Å². The van der Waals surface area contributed by atoms with Crippen LogP contribution in [0.4, 0.5) is 0 Å². The van der Waals surface area contributed by atoms with Crippen molar-refractivity contribution in [2.45, 2.75) is 42.8 Å². The van der Waals surface area contributed by atoms with Crippen LogP contribution in [-0.2, 0) is 0 Å². The van der Waals surface area contributed by atoms with Gasteiger partial charge in [-0.2, -0.15) is 0 Å². The maximum Gasteiger partial charge on any atom is 0.119 e. The van der Waals surface area contributed by atoms with Crippen molar-refractivity contribution in [3.63, 3.8) is 0 Å². The molecule has 2 atom stereocenters. The summed E-state index contributed by atoms with van der Waals surface area (Å²) in [5, 5.41) is 10.2. The van der Waals surface area contributed by atoms with Crippen LogP contribution < -0.4 is 4.74 Å². The quantitative estimate of drug-likeness (QED) is 0.642. The van der Waals surface area contributed by atoms with E-state index in [9.17, 15) is 5.11 Å². The number of phenolic OH excluding ortho intramolecular Hbond substituents is 1. The molecule has 2 aromatic carbocycles. The van der Waals surface area contributed by atoms with E-state index in [0.29, 0.717) is 23.5 Å². The van der Waals surface area contributed by atoms with Gasteiger partial charge in [0.25, 0.3) is 0 Å². The first-order valence-electron chi connectivity index (χ1n) is 7.93. The van der Waals surface area contributed by atoms with Crippen molar-refractivity contribution < 1.29 is 9.84 Å². The highest BCUT2D eigenvalue weighted by molar-refractivity contribution is 9.10. The summed E-state index contributed by atoms with van der Waals surface area (Å²) < 4.78 is 6.96. The number of rotatable bonds is 5. The van der Waals surface area contributed by atoms with E-state index in [1.54, 1.807) is 6.07 Å². The molecule has 122 valence electrons. The fraction of sp³-hybridized carbons (Fsp3) is 0.368. The average Bonchev–Trinajstić information content (AvgIpc) is 2.83. The molecule has 0 saturated heterocycles. The Bertz CT molecular complexity index is 702. The summed E-state index contributed by atoms with van der Waals surface area (Å²) in [7, 11) is 0. The topological polar surface area (TPSA) is 29.5 Å². The van der Waals surface area contributed by atoms with E-state index in [0.717, 1.165) is 28.6 Å². The van der Waals surface area contributed by atoms with Gasteiger partial charge < -0.3 is 9.84 Å². The number of thioether (sulfide) groups is 1. The number of ether oxygens (including phenoxy) is 1. The average molecular weight is 393 g/mol. The largest absolute Gasteiger partial charge is 0.508 e. The molecule has 1 N–H and O–H groups in total. The van der Waals surface area contributed by atoms with Gasteiger partial charge in [-0.3, -0.25) is 0 Å². The van der Waals surface area contributed by atoms with E-state index < -0.39 is 0 Å². The van der Waals surface area contributed by atoms with Gasteiger partial charge >= 0.3 is 0 Å². The molecule has 4 heteroatoms. The molecule has 0 aromatic heterocycles. The first-order valence-corrected chi connectivity index (χ1v) is 9.60. The molecule has 0 fully saturated rings. The zero-order valence-corrected chi connectivity index (χ0v) is 15.8. The number of halogens is 1. The van der Waals surface area contributed by atoms with Gasteiger partial charge in [-0.15, -0.1) is 11.8 Å². The standard InChI is InChI=1S/C19H21BrO2S/c1-12-10-15(6-8-17(12)21)22-9-3-4-18-13(2)16-7-5-14(20)11-19(16)23-18/h5-8,10-11,13,18,21H,3-4,9H2,1-2H3. The maximum atomic E-state index is 9.53. The normalized spacial score (nSPS) is 19.6. The van der Waals surface area contributed by atoms with Gasteiger partial charge in [0.05, 0.1) is 6.61 Å². The first-order chi connectivity index (χ1) is 11.0. The monoisotopic (exact) mass is 392 g/mol. The van der Waals surface area contributed by atoms with Crippen molar-refractivity contribution in [3.8, 4) is 11.5 Å². The lowest BCUT2D eigenvalue weighted by atomic mass is 9.95. The molecule has 0 spiro atoms. The van der Waals surface area contributed by atoms with E-state index in [-0.39, 0.29) is 0 Å². The number of hydrogen-bond acceptors (Lipinski definition) is 3. The molecule has 1 heterocycles. The third-order valence-corrected chi connectivity index (χ3v) is 6.42. The second-order valence-electron chi connectivity index (χ2n) is 6.07. The number of benzene rings is 2. The molecular formula is C19H21BrO2S. The van der Waals surface area contributed by atoms with Crippen LogP contribution in [-0.4, -0.2) is 17.0 Å². The van der Waals surface area contributed by atoms with E-state index >= 15 is 0 Å². The van der Waals surface area contributed by atoms with Crippen molar-refractivity contribution in [2.75, 3.05) is 6.61 Å². The molecule has 0 bridgehead atoms. The molecule has 0 amide bonds. The molecule has 0 saturated carbocycles. The Balaban J connectivity index is 1.49. The summed E-state index contributed by atoms with van der Waals surface area (Å²) in [5.74, 6) is 1.75. The molecule has 1 aliphatic heterocycles. The predicted molar refractivity (Wildman–Crippen MR) is 99.8 cm³/mol. The molecule has 23 heavy (non-hydrogen) atoms. The minimum absolute atomic E-state index is 0.317. The number of aromatic hydroxyl groups is 1. The second-order valence-corrected chi connectivity index (χ2v) is 8.26. The Hall–Kier alpha value is -1.13. The maximum absolute atomic E-state index is 9.53. The van der Waals surface area contributed by atoms with Crippen LogP contribution in [0.25, 0.3) is 0 Å². The molecule has 1 aliphatic rings. The molecule has 2 nitrogen and oxygen atoms in total. The Morgan fingerprint density at radius 1 is 1.22 bits per heavy atom. The van der Waals surface area contributed by atoms with Crippen LogP contribution in [0.3, 0.4) is 0 Å². The molecule has 3 rings (SSSR count). The van der Waals surface area contributed by atoms with Gasteiger partial charge in [0.15, 0.2) is 0 Å². The number of aryl methyl sites for hydroxylation is 1. The summed E-state index contributed by atoms with van der Waals surface area (Å²) in [6.07, 6.45) is 2.19. The zero-order valence-electron chi connectivity index (χ0n) is 13.4. The summed E-state index contributed by atoms with van der Waals surface area (Å²) >= 11 is 5.54. The van der Waals surface area contributed by atoms with Crippen LogP contribution in [0.5, 0.6) is 11.5 Å². The highest BCUT2D eigenvalue weighted by Crippen LogP contribution is 2.47. The van der Waals surface area contributed by atoms with Crippen molar-refractivity contribution >= 4 is 27.7 Å². The molecule has 0 radical (unpaired) electrons. The smallest absolute Gasteiger partial charge is 0.119 e. The number of phenols is 1. The van der Waals surface area contributed by atoms with Crippen LogP contribution in [0.2, 0.25) is 0 Å². The van der Waals surface area contributed by atoms with Crippen molar-refractivity contribution in [1.29, 1.82) is 0 Å². The van der Waals surface area contributed by atoms with Gasteiger partial charge in [-0.05, 0) is 67.1 Å². The number of hydrogen-bond donors (Lipinski definition) is 1. The first kappa shape index (κ1) is 16.7. The molecule has 0 aliphatic carbocycles. The predicted octanol–water partition coefficient (Wildman–Crippen LogP) is 5.90. The fourth-order valence-corrected chi connectivity index (χ4v) is 5.01. The highest BCUT2D eigenvalue weighted by atomic mass is 79.9. The minimum Gasteiger partial charge on any atom is -0.508 e. The molecular weight excluding hydrogens is 372 g/mol. The summed E-state index contributed by atoms with van der Waals surface area (Å²) in [6.45, 7) is 4.92. The van der Waals surface area contributed by atoms with E-state index in [4.69, 9.17) is 4.74 Å². The van der Waals surface area contributed by atoms with Gasteiger partial charge in [0.1, 0.15) is 11.5 Å². The second kappa shape index (κ2) is 7.18. The van der Waals surface area contributed by atoms with Crippen LogP contribution in [0.15, 0.2) is 45.8 Å². The van der Waals surface area contributed by atoms with Gasteiger partial charge in [0, 0.05) is 14.6 Å². The lowest BCUT2D eigenvalue weighted by Gasteiger charge is -2.15. The summed E-state index contributed by atoms with van der Waals surface area (Å²) in [6, 6.07) is 12.0. The van der Waals surface area contributed by atoms with Crippen molar-refractivity contribution in [3.05, 3.63) is 52.0 Å².